The van der Waals surface area contributed by atoms with Crippen LogP contribution < -0.4 is 0 Å². The average molecular weight is 364 g/mol. The molecule has 1 aliphatic carbocycles. The fourth-order valence-electron chi connectivity index (χ4n) is 4.78. The van der Waals surface area contributed by atoms with Gasteiger partial charge in [-0.25, -0.2) is 8.42 Å². The lowest BCUT2D eigenvalue weighted by molar-refractivity contribution is -0.124. The van der Waals surface area contributed by atoms with E-state index in [4.69, 9.17) is 0 Å². The van der Waals surface area contributed by atoms with E-state index in [1.807, 2.05) is 26.0 Å². The van der Waals surface area contributed by atoms with E-state index in [0.29, 0.717) is 11.3 Å². The number of unbranched alkanes of at least 4 members (excludes halogenated alkanes) is 1. The van der Waals surface area contributed by atoms with Crippen LogP contribution in [0.15, 0.2) is 29.2 Å². The molecule has 0 radical (unpaired) electrons. The molecule has 1 aromatic rings. The van der Waals surface area contributed by atoms with Gasteiger partial charge >= 0.3 is 0 Å². The van der Waals surface area contributed by atoms with Gasteiger partial charge in [0, 0.05) is 24.4 Å². The molecule has 0 spiro atoms. The zero-order valence-corrected chi connectivity index (χ0v) is 16.3. The van der Waals surface area contributed by atoms with Gasteiger partial charge in [0.25, 0.3) is 0 Å². The molecule has 1 saturated heterocycles. The molecule has 5 heteroatoms. The van der Waals surface area contributed by atoms with Gasteiger partial charge in [0.2, 0.25) is 10.0 Å². The van der Waals surface area contributed by atoms with Gasteiger partial charge in [-0.3, -0.25) is 4.79 Å². The lowest BCUT2D eigenvalue weighted by Crippen LogP contribution is -2.41. The van der Waals surface area contributed by atoms with Crippen LogP contribution in [-0.4, -0.2) is 30.6 Å². The first-order valence-corrected chi connectivity index (χ1v) is 10.9. The second kappa shape index (κ2) is 7.20. The number of Topliss-reactive ketones (excluding diaryl/α,β-unsaturated/α-hetero) is 1. The molecule has 1 saturated carbocycles. The molecule has 3 rings (SSSR count). The molecule has 25 heavy (non-hydrogen) atoms. The molecule has 2 aliphatic rings. The van der Waals surface area contributed by atoms with Gasteiger partial charge in [-0.15, -0.1) is 0 Å². The van der Waals surface area contributed by atoms with Gasteiger partial charge in [-0.05, 0) is 51.2 Å². The van der Waals surface area contributed by atoms with Crippen LogP contribution >= 0.6 is 0 Å². The fraction of sp³-hybridized carbons (Fsp3) is 0.650. The highest BCUT2D eigenvalue weighted by atomic mass is 32.2. The normalized spacial score (nSPS) is 29.7. The molecule has 1 aliphatic heterocycles. The second-order valence-corrected chi connectivity index (χ2v) is 9.49. The first kappa shape index (κ1) is 18.6. The lowest BCUT2D eigenvalue weighted by atomic mass is 9.83. The van der Waals surface area contributed by atoms with Crippen molar-refractivity contribution in [1.82, 2.24) is 4.31 Å². The van der Waals surface area contributed by atoms with Crippen molar-refractivity contribution in [2.45, 2.75) is 76.3 Å². The van der Waals surface area contributed by atoms with Gasteiger partial charge in [0.1, 0.15) is 5.78 Å². The third kappa shape index (κ3) is 3.28. The summed E-state index contributed by atoms with van der Waals surface area (Å²) in [5.41, 5.74) is 1.04. The quantitative estimate of drug-likeness (QED) is 0.769. The summed E-state index contributed by atoms with van der Waals surface area (Å²) in [5.74, 6) is 0.312. The van der Waals surface area contributed by atoms with E-state index in [-0.39, 0.29) is 29.7 Å². The minimum Gasteiger partial charge on any atom is -0.299 e. The number of sulfonamides is 1. The van der Waals surface area contributed by atoms with Gasteiger partial charge < -0.3 is 0 Å². The number of rotatable bonds is 6. The summed E-state index contributed by atoms with van der Waals surface area (Å²) in [7, 11) is -3.56. The van der Waals surface area contributed by atoms with Gasteiger partial charge in [0.15, 0.2) is 0 Å². The van der Waals surface area contributed by atoms with Gasteiger partial charge in [-0.2, -0.15) is 4.31 Å². The molecule has 0 amide bonds. The molecule has 0 aromatic heterocycles. The van der Waals surface area contributed by atoms with E-state index in [9.17, 15) is 13.2 Å². The number of fused-ring (bicyclic) bond motifs is 1. The molecule has 0 unspecified atom stereocenters. The van der Waals surface area contributed by atoms with Crippen LogP contribution in [-0.2, 0) is 14.8 Å². The van der Waals surface area contributed by atoms with Crippen LogP contribution in [0.2, 0.25) is 0 Å². The third-order valence-electron chi connectivity index (χ3n) is 5.99. The molecule has 4 atom stereocenters. The van der Waals surface area contributed by atoms with Gasteiger partial charge in [0.05, 0.1) is 4.90 Å². The number of carbonyl (C=O) groups is 1. The molecule has 1 heterocycles. The second-order valence-electron chi connectivity index (χ2n) is 7.65. The lowest BCUT2D eigenvalue weighted by Gasteiger charge is -2.27. The Morgan fingerprint density at radius 3 is 2.52 bits per heavy atom. The van der Waals surface area contributed by atoms with Crippen molar-refractivity contribution in [3.63, 3.8) is 0 Å². The summed E-state index contributed by atoms with van der Waals surface area (Å²) >= 11 is 0. The molecule has 2 fully saturated rings. The minimum atomic E-state index is -3.56. The highest BCUT2D eigenvalue weighted by Crippen LogP contribution is 2.48. The van der Waals surface area contributed by atoms with E-state index in [1.54, 1.807) is 16.4 Å². The minimum absolute atomic E-state index is 0.0168. The largest absolute Gasteiger partial charge is 0.299 e. The Hall–Kier alpha value is -1.20. The molecular weight excluding hydrogens is 334 g/mol. The van der Waals surface area contributed by atoms with E-state index < -0.39 is 10.0 Å². The van der Waals surface area contributed by atoms with E-state index in [1.165, 1.54) is 0 Å². The number of ketones is 1. The summed E-state index contributed by atoms with van der Waals surface area (Å²) in [6, 6.07) is 6.79. The molecule has 1 aromatic carbocycles. The van der Waals surface area contributed by atoms with Crippen LogP contribution in [0.4, 0.5) is 0 Å². The number of benzene rings is 1. The van der Waals surface area contributed by atoms with Crippen molar-refractivity contribution in [1.29, 1.82) is 0 Å². The Morgan fingerprint density at radius 2 is 1.88 bits per heavy atom. The number of hydrogen-bond acceptors (Lipinski definition) is 3. The summed E-state index contributed by atoms with van der Waals surface area (Å²) in [6.45, 7) is 5.96. The summed E-state index contributed by atoms with van der Waals surface area (Å²) < 4.78 is 28.3. The van der Waals surface area contributed by atoms with Crippen molar-refractivity contribution < 1.29 is 13.2 Å². The summed E-state index contributed by atoms with van der Waals surface area (Å²) in [5, 5.41) is 0. The highest BCUT2D eigenvalue weighted by molar-refractivity contribution is 7.89. The van der Waals surface area contributed by atoms with Crippen molar-refractivity contribution in [3.05, 3.63) is 29.8 Å². The first-order valence-electron chi connectivity index (χ1n) is 9.51. The molecule has 0 bridgehead atoms. The maximum Gasteiger partial charge on any atom is 0.243 e. The SMILES string of the molecule is CCCCC(=O)[C@@H]1[C@H]2CCC[C@H]2N(S(=O)(=O)c2ccc(C)cc2)[C@@H]1C. The van der Waals surface area contributed by atoms with Crippen molar-refractivity contribution in [2.24, 2.45) is 11.8 Å². The van der Waals surface area contributed by atoms with E-state index in [2.05, 4.69) is 6.92 Å². The summed E-state index contributed by atoms with van der Waals surface area (Å²) in [4.78, 5) is 13.1. The Balaban J connectivity index is 1.93. The standard InChI is InChI=1S/C20H29NO3S/c1-4-5-9-19(22)20-15(3)21(18-8-6-7-17(18)20)25(23,24)16-12-10-14(2)11-13-16/h10-13,15,17-18,20H,4-9H2,1-3H3/t15-,17+,18-,20+/m1/s1. The Labute approximate surface area is 151 Å². The fourth-order valence-corrected chi connectivity index (χ4v) is 6.69. The predicted octanol–water partition coefficient (Wildman–Crippen LogP) is 3.93. The topological polar surface area (TPSA) is 54.5 Å². The van der Waals surface area contributed by atoms with Crippen LogP contribution in [0.5, 0.6) is 0 Å². The maximum atomic E-state index is 13.3. The zero-order chi connectivity index (χ0) is 18.2. The van der Waals surface area contributed by atoms with E-state index >= 15 is 0 Å². The molecular formula is C20H29NO3S. The Morgan fingerprint density at radius 1 is 1.20 bits per heavy atom. The predicted molar refractivity (Wildman–Crippen MR) is 98.8 cm³/mol. The van der Waals surface area contributed by atoms with Crippen molar-refractivity contribution in [2.75, 3.05) is 0 Å². The zero-order valence-electron chi connectivity index (χ0n) is 15.4. The van der Waals surface area contributed by atoms with E-state index in [0.717, 1.165) is 37.7 Å². The number of carbonyl (C=O) groups excluding carboxylic acids is 1. The number of nitrogens with zero attached hydrogens (tertiary/aromatic N) is 1. The van der Waals surface area contributed by atoms with Crippen LogP contribution in [0, 0.1) is 18.8 Å². The monoisotopic (exact) mass is 363 g/mol. The van der Waals surface area contributed by atoms with Crippen LogP contribution in [0.1, 0.15) is 57.9 Å². The van der Waals surface area contributed by atoms with Crippen molar-refractivity contribution >= 4 is 15.8 Å². The molecule has 0 N–H and O–H groups in total. The first-order chi connectivity index (χ1) is 11.9. The van der Waals surface area contributed by atoms with Crippen LogP contribution in [0.25, 0.3) is 0 Å². The maximum absolute atomic E-state index is 13.3. The number of hydrogen-bond donors (Lipinski definition) is 0. The molecule has 4 nitrogen and oxygen atoms in total. The third-order valence-corrected chi connectivity index (χ3v) is 8.01. The Bertz CT molecular complexity index is 726. The Kier molecular flexibility index (Phi) is 5.35. The number of aryl methyl sites for hydroxylation is 1. The van der Waals surface area contributed by atoms with Crippen LogP contribution in [0.3, 0.4) is 0 Å². The van der Waals surface area contributed by atoms with Gasteiger partial charge in [-0.1, -0.05) is 37.5 Å². The summed E-state index contributed by atoms with van der Waals surface area (Å²) in [6.07, 6.45) is 5.32. The highest BCUT2D eigenvalue weighted by Gasteiger charge is 2.55. The van der Waals surface area contributed by atoms with Crippen molar-refractivity contribution in [3.8, 4) is 0 Å². The average Bonchev–Trinajstić information content (AvgIpc) is 3.12. The molecule has 138 valence electrons. The smallest absolute Gasteiger partial charge is 0.243 e.